The van der Waals surface area contributed by atoms with Gasteiger partial charge in [-0.15, -0.1) is 12.4 Å². The normalized spacial score (nSPS) is 9.95. The van der Waals surface area contributed by atoms with E-state index in [-0.39, 0.29) is 12.4 Å². The summed E-state index contributed by atoms with van der Waals surface area (Å²) in [6, 6.07) is 9.68. The van der Waals surface area contributed by atoms with Crippen LogP contribution in [0.4, 0.5) is 0 Å². The fraction of sp³-hybridized carbons (Fsp3) is 0.312. The molecule has 2 aromatic rings. The van der Waals surface area contributed by atoms with E-state index in [0.29, 0.717) is 36.2 Å². The second-order valence-corrected chi connectivity index (χ2v) is 4.87. The second-order valence-electron chi connectivity index (χ2n) is 4.47. The first-order valence-corrected chi connectivity index (χ1v) is 7.22. The van der Waals surface area contributed by atoms with Crippen molar-refractivity contribution in [2.45, 2.75) is 20.0 Å². The molecule has 0 atom stereocenters. The summed E-state index contributed by atoms with van der Waals surface area (Å²) < 4.78 is 10.8. The van der Waals surface area contributed by atoms with Gasteiger partial charge >= 0.3 is 0 Å². The van der Waals surface area contributed by atoms with Crippen LogP contribution in [0.25, 0.3) is 0 Å². The molecule has 0 saturated heterocycles. The Morgan fingerprint density at radius 2 is 2.05 bits per heavy atom. The predicted molar refractivity (Wildman–Crippen MR) is 91.2 cm³/mol. The highest BCUT2D eigenvalue weighted by Crippen LogP contribution is 2.36. The van der Waals surface area contributed by atoms with Gasteiger partial charge in [0, 0.05) is 19.3 Å². The first-order chi connectivity index (χ1) is 10.2. The summed E-state index contributed by atoms with van der Waals surface area (Å²) in [5, 5.41) is 3.89. The minimum absolute atomic E-state index is 0. The molecule has 0 fully saturated rings. The van der Waals surface area contributed by atoms with E-state index in [2.05, 4.69) is 10.3 Å². The van der Waals surface area contributed by atoms with E-state index in [9.17, 15) is 0 Å². The van der Waals surface area contributed by atoms with Crippen LogP contribution in [0.5, 0.6) is 11.5 Å². The smallest absolute Gasteiger partial charge is 0.179 e. The summed E-state index contributed by atoms with van der Waals surface area (Å²) in [6.45, 7) is 3.85. The van der Waals surface area contributed by atoms with Crippen molar-refractivity contribution in [3.8, 4) is 11.5 Å². The average molecular weight is 343 g/mol. The van der Waals surface area contributed by atoms with Crippen LogP contribution in [0.2, 0.25) is 5.02 Å². The number of hydrogen-bond donors (Lipinski definition) is 1. The molecule has 22 heavy (non-hydrogen) atoms. The molecular weight excluding hydrogens is 323 g/mol. The molecule has 0 bridgehead atoms. The zero-order chi connectivity index (χ0) is 15.1. The van der Waals surface area contributed by atoms with Crippen LogP contribution >= 0.6 is 24.0 Å². The quantitative estimate of drug-likeness (QED) is 0.829. The van der Waals surface area contributed by atoms with E-state index in [4.69, 9.17) is 21.1 Å². The summed E-state index contributed by atoms with van der Waals surface area (Å²) >= 11 is 6.24. The Hall–Kier alpha value is -1.49. The molecule has 0 aliphatic heterocycles. The maximum absolute atomic E-state index is 6.24. The number of methoxy groups -OCH3 is 1. The van der Waals surface area contributed by atoms with Gasteiger partial charge in [0.15, 0.2) is 11.5 Å². The molecule has 0 radical (unpaired) electrons. The Morgan fingerprint density at radius 3 is 2.68 bits per heavy atom. The lowest BCUT2D eigenvalue weighted by Crippen LogP contribution is -2.13. The molecule has 6 heteroatoms. The number of rotatable bonds is 7. The van der Waals surface area contributed by atoms with Crippen molar-refractivity contribution in [3.63, 3.8) is 0 Å². The van der Waals surface area contributed by atoms with Gasteiger partial charge in [0.2, 0.25) is 0 Å². The number of pyridine rings is 1. The zero-order valence-corrected chi connectivity index (χ0v) is 14.2. The van der Waals surface area contributed by atoms with Crippen LogP contribution in [-0.4, -0.2) is 18.7 Å². The largest absolute Gasteiger partial charge is 0.493 e. The van der Waals surface area contributed by atoms with Gasteiger partial charge in [-0.2, -0.15) is 0 Å². The fourth-order valence-electron chi connectivity index (χ4n) is 2.00. The highest BCUT2D eigenvalue weighted by atomic mass is 35.5. The summed E-state index contributed by atoms with van der Waals surface area (Å²) in [5.74, 6) is 1.24. The van der Waals surface area contributed by atoms with Gasteiger partial charge in [-0.1, -0.05) is 17.7 Å². The van der Waals surface area contributed by atoms with E-state index in [0.717, 1.165) is 11.3 Å². The molecule has 1 aromatic heterocycles. The highest BCUT2D eigenvalue weighted by Gasteiger charge is 2.11. The third-order valence-electron chi connectivity index (χ3n) is 2.94. The first-order valence-electron chi connectivity index (χ1n) is 6.84. The lowest BCUT2D eigenvalue weighted by atomic mass is 10.2. The molecule has 0 aliphatic carbocycles. The lowest BCUT2D eigenvalue weighted by Gasteiger charge is -2.13. The topological polar surface area (TPSA) is 43.4 Å². The maximum Gasteiger partial charge on any atom is 0.179 e. The van der Waals surface area contributed by atoms with Crippen molar-refractivity contribution in [3.05, 3.63) is 52.8 Å². The van der Waals surface area contributed by atoms with Crippen molar-refractivity contribution in [1.82, 2.24) is 10.3 Å². The number of aromatic nitrogens is 1. The Bertz CT molecular complexity index is 580. The predicted octanol–water partition coefficient (Wildman–Crippen LogP) is 3.85. The van der Waals surface area contributed by atoms with Gasteiger partial charge in [-0.3, -0.25) is 4.98 Å². The number of halogens is 2. The van der Waals surface area contributed by atoms with Crippen LogP contribution in [0.15, 0.2) is 36.5 Å². The van der Waals surface area contributed by atoms with Crippen molar-refractivity contribution >= 4 is 24.0 Å². The summed E-state index contributed by atoms with van der Waals surface area (Å²) in [7, 11) is 1.61. The molecule has 0 amide bonds. The minimum Gasteiger partial charge on any atom is -0.493 e. The van der Waals surface area contributed by atoms with E-state index in [1.807, 2.05) is 37.3 Å². The minimum atomic E-state index is 0. The molecule has 0 aliphatic rings. The molecule has 0 spiro atoms. The highest BCUT2D eigenvalue weighted by molar-refractivity contribution is 6.32. The molecule has 1 heterocycles. The molecule has 4 nitrogen and oxygen atoms in total. The Balaban J connectivity index is 0.00000242. The second kappa shape index (κ2) is 9.51. The van der Waals surface area contributed by atoms with Gasteiger partial charge in [0.25, 0.3) is 0 Å². The molecule has 0 saturated carbocycles. The van der Waals surface area contributed by atoms with Gasteiger partial charge in [-0.05, 0) is 36.8 Å². The van der Waals surface area contributed by atoms with Crippen LogP contribution in [0, 0.1) is 0 Å². The third-order valence-corrected chi connectivity index (χ3v) is 3.22. The number of nitrogens with zero attached hydrogens (tertiary/aromatic N) is 1. The van der Waals surface area contributed by atoms with Crippen molar-refractivity contribution < 1.29 is 9.47 Å². The average Bonchev–Trinajstić information content (AvgIpc) is 2.51. The SMILES string of the molecule is CCOc1c(Cl)cc(CNCc2ccccn2)cc1OC.Cl. The summed E-state index contributed by atoms with van der Waals surface area (Å²) in [5.41, 5.74) is 2.04. The van der Waals surface area contributed by atoms with Crippen LogP contribution in [-0.2, 0) is 13.1 Å². The Kier molecular flexibility index (Phi) is 8.02. The Labute approximate surface area is 142 Å². The number of nitrogens with one attached hydrogen (secondary N) is 1. The van der Waals surface area contributed by atoms with Gasteiger partial charge < -0.3 is 14.8 Å². The zero-order valence-electron chi connectivity index (χ0n) is 12.6. The third kappa shape index (κ3) is 5.05. The van der Waals surface area contributed by atoms with E-state index < -0.39 is 0 Å². The van der Waals surface area contributed by atoms with Gasteiger partial charge in [0.1, 0.15) is 0 Å². The monoisotopic (exact) mass is 342 g/mol. The van der Waals surface area contributed by atoms with Crippen LogP contribution in [0.3, 0.4) is 0 Å². The van der Waals surface area contributed by atoms with Crippen LogP contribution < -0.4 is 14.8 Å². The molecule has 2 rings (SSSR count). The molecule has 1 aromatic carbocycles. The van der Waals surface area contributed by atoms with Gasteiger partial charge in [-0.25, -0.2) is 0 Å². The first kappa shape index (κ1) is 18.6. The van der Waals surface area contributed by atoms with E-state index >= 15 is 0 Å². The molecule has 120 valence electrons. The molecule has 1 N–H and O–H groups in total. The fourth-order valence-corrected chi connectivity index (χ4v) is 2.29. The number of benzene rings is 1. The molecule has 0 unspecified atom stereocenters. The summed E-state index contributed by atoms with van der Waals surface area (Å²) in [6.07, 6.45) is 1.79. The Morgan fingerprint density at radius 1 is 1.23 bits per heavy atom. The summed E-state index contributed by atoms with van der Waals surface area (Å²) in [4.78, 5) is 4.27. The van der Waals surface area contributed by atoms with Crippen molar-refractivity contribution in [1.29, 1.82) is 0 Å². The van der Waals surface area contributed by atoms with Crippen molar-refractivity contribution in [2.24, 2.45) is 0 Å². The number of hydrogen-bond acceptors (Lipinski definition) is 4. The van der Waals surface area contributed by atoms with Crippen molar-refractivity contribution in [2.75, 3.05) is 13.7 Å². The van der Waals surface area contributed by atoms with E-state index in [1.54, 1.807) is 13.3 Å². The standard InChI is InChI=1S/C16H19ClN2O2.ClH/c1-3-21-16-14(17)8-12(9-15(16)20-2)10-18-11-13-6-4-5-7-19-13;/h4-9,18H,3,10-11H2,1-2H3;1H. The van der Waals surface area contributed by atoms with E-state index in [1.165, 1.54) is 0 Å². The lowest BCUT2D eigenvalue weighted by molar-refractivity contribution is 0.311. The number of ether oxygens (including phenoxy) is 2. The van der Waals surface area contributed by atoms with Gasteiger partial charge in [0.05, 0.1) is 24.4 Å². The maximum atomic E-state index is 6.24. The molecular formula is C16H20Cl2N2O2. The van der Waals surface area contributed by atoms with Crippen LogP contribution in [0.1, 0.15) is 18.2 Å².